The van der Waals surface area contributed by atoms with Gasteiger partial charge in [0.05, 0.1) is 29.9 Å². The second-order valence-corrected chi connectivity index (χ2v) is 4.95. The summed E-state index contributed by atoms with van der Waals surface area (Å²) in [4.78, 5) is 16.1. The molecule has 0 spiro atoms. The molecule has 0 saturated heterocycles. The lowest BCUT2D eigenvalue weighted by atomic mass is 10.3. The van der Waals surface area contributed by atoms with E-state index in [9.17, 15) is 4.79 Å². The highest BCUT2D eigenvalue weighted by molar-refractivity contribution is 7.18. The summed E-state index contributed by atoms with van der Waals surface area (Å²) in [6.45, 7) is 1.08. The van der Waals surface area contributed by atoms with Crippen LogP contribution >= 0.6 is 11.3 Å². The van der Waals surface area contributed by atoms with Crippen LogP contribution in [0.1, 0.15) is 5.01 Å². The maximum atomic E-state index is 11.7. The molecule has 0 aliphatic heterocycles. The van der Waals surface area contributed by atoms with Crippen LogP contribution in [0.3, 0.4) is 0 Å². The predicted octanol–water partition coefficient (Wildman–Crippen LogP) is 2.07. The number of hydrogen-bond acceptors (Lipinski definition) is 5. The summed E-state index contributed by atoms with van der Waals surface area (Å²) in [5, 5.41) is 0.844. The summed E-state index contributed by atoms with van der Waals surface area (Å²) >= 11 is 1.56. The lowest BCUT2D eigenvalue weighted by Gasteiger charge is -2.01. The van der Waals surface area contributed by atoms with Crippen LogP contribution in [0, 0.1) is 0 Å². The number of Topliss-reactive ketones (excluding diaryl/α,β-unsaturated/α-hetero) is 1. The number of ether oxygens (including phenoxy) is 2. The third-order valence-electron chi connectivity index (χ3n) is 2.38. The maximum Gasteiger partial charge on any atom is 0.165 e. The van der Waals surface area contributed by atoms with Gasteiger partial charge in [-0.3, -0.25) is 4.79 Å². The third-order valence-corrected chi connectivity index (χ3v) is 3.42. The number of aromatic nitrogens is 1. The zero-order valence-electron chi connectivity index (χ0n) is 10.2. The van der Waals surface area contributed by atoms with Gasteiger partial charge in [-0.25, -0.2) is 4.98 Å². The Morgan fingerprint density at radius 1 is 1.33 bits per heavy atom. The lowest BCUT2D eigenvalue weighted by Crippen LogP contribution is -2.13. The molecule has 0 saturated carbocycles. The number of carbonyl (C=O) groups is 1. The number of hydrogen-bond donors (Lipinski definition) is 0. The molecular formula is C13H15NO3S. The molecular weight excluding hydrogens is 250 g/mol. The number of methoxy groups -OCH3 is 1. The fraction of sp³-hybridized carbons (Fsp3) is 0.385. The second kappa shape index (κ2) is 6.58. The van der Waals surface area contributed by atoms with E-state index in [4.69, 9.17) is 9.47 Å². The Kier molecular flexibility index (Phi) is 4.81. The van der Waals surface area contributed by atoms with E-state index in [1.54, 1.807) is 18.4 Å². The highest BCUT2D eigenvalue weighted by Crippen LogP contribution is 2.21. The van der Waals surface area contributed by atoms with Crippen LogP contribution in [0.15, 0.2) is 24.3 Å². The minimum Gasteiger partial charge on any atom is -0.382 e. The molecule has 0 atom stereocenters. The van der Waals surface area contributed by atoms with E-state index in [0.717, 1.165) is 15.2 Å². The Morgan fingerprint density at radius 2 is 2.17 bits per heavy atom. The number of fused-ring (bicyclic) bond motifs is 1. The van der Waals surface area contributed by atoms with Gasteiger partial charge in [0.2, 0.25) is 0 Å². The molecule has 2 rings (SSSR count). The highest BCUT2D eigenvalue weighted by atomic mass is 32.1. The Morgan fingerprint density at radius 3 is 2.94 bits per heavy atom. The van der Waals surface area contributed by atoms with Gasteiger partial charge in [0.25, 0.3) is 0 Å². The molecule has 1 aromatic heterocycles. The van der Waals surface area contributed by atoms with Crippen molar-refractivity contribution in [3.8, 4) is 0 Å². The molecule has 0 bridgehead atoms. The van der Waals surface area contributed by atoms with Crippen LogP contribution in [0.5, 0.6) is 0 Å². The molecule has 4 nitrogen and oxygen atoms in total. The van der Waals surface area contributed by atoms with Gasteiger partial charge in [0.15, 0.2) is 5.78 Å². The van der Waals surface area contributed by atoms with Crippen molar-refractivity contribution in [3.05, 3.63) is 29.3 Å². The minimum absolute atomic E-state index is 0.0464. The van der Waals surface area contributed by atoms with Crippen molar-refractivity contribution in [2.75, 3.05) is 26.9 Å². The topological polar surface area (TPSA) is 48.4 Å². The molecule has 0 radical (unpaired) electrons. The summed E-state index contributed by atoms with van der Waals surface area (Å²) in [5.74, 6) is 0.0464. The summed E-state index contributed by atoms with van der Waals surface area (Å²) < 4.78 is 11.1. The average molecular weight is 265 g/mol. The highest BCUT2D eigenvalue weighted by Gasteiger charge is 2.08. The summed E-state index contributed by atoms with van der Waals surface area (Å²) in [6.07, 6.45) is 0.340. The Bertz CT molecular complexity index is 491. The number of thiazole rings is 1. The smallest absolute Gasteiger partial charge is 0.165 e. The normalized spacial score (nSPS) is 10.9. The van der Waals surface area contributed by atoms with Crippen molar-refractivity contribution in [3.63, 3.8) is 0 Å². The lowest BCUT2D eigenvalue weighted by molar-refractivity contribution is -0.123. The predicted molar refractivity (Wildman–Crippen MR) is 71.0 cm³/mol. The van der Waals surface area contributed by atoms with E-state index in [0.29, 0.717) is 19.6 Å². The molecule has 1 heterocycles. The Balaban J connectivity index is 1.86. The molecule has 5 heteroatoms. The molecule has 0 unspecified atom stereocenters. The Hall–Kier alpha value is -1.30. The molecule has 2 aromatic rings. The largest absolute Gasteiger partial charge is 0.382 e. The quantitative estimate of drug-likeness (QED) is 0.719. The van der Waals surface area contributed by atoms with Gasteiger partial charge < -0.3 is 9.47 Å². The zero-order chi connectivity index (χ0) is 12.8. The maximum absolute atomic E-state index is 11.7. The number of carbonyl (C=O) groups excluding carboxylic acids is 1. The van der Waals surface area contributed by atoms with Crippen LogP contribution in [-0.4, -0.2) is 37.7 Å². The van der Waals surface area contributed by atoms with Gasteiger partial charge in [-0.1, -0.05) is 12.1 Å². The van der Waals surface area contributed by atoms with Crippen molar-refractivity contribution in [2.45, 2.75) is 6.42 Å². The van der Waals surface area contributed by atoms with E-state index in [1.165, 1.54) is 0 Å². The van der Waals surface area contributed by atoms with Crippen LogP contribution in [0.2, 0.25) is 0 Å². The number of nitrogens with zero attached hydrogens (tertiary/aromatic N) is 1. The van der Waals surface area contributed by atoms with Crippen molar-refractivity contribution in [1.29, 1.82) is 0 Å². The number of ketones is 1. The van der Waals surface area contributed by atoms with Gasteiger partial charge in [-0.05, 0) is 12.1 Å². The van der Waals surface area contributed by atoms with Gasteiger partial charge >= 0.3 is 0 Å². The monoisotopic (exact) mass is 265 g/mol. The molecule has 0 amide bonds. The van der Waals surface area contributed by atoms with Crippen LogP contribution in [0.25, 0.3) is 10.2 Å². The molecule has 18 heavy (non-hydrogen) atoms. The standard InChI is InChI=1S/C13H15NO3S/c1-16-6-7-17-9-10(15)8-13-14-11-4-2-3-5-12(11)18-13/h2-5H,6-9H2,1H3. The first-order valence-electron chi connectivity index (χ1n) is 5.72. The fourth-order valence-corrected chi connectivity index (χ4v) is 2.54. The minimum atomic E-state index is 0.0464. The van der Waals surface area contributed by atoms with Gasteiger partial charge in [-0.15, -0.1) is 11.3 Å². The van der Waals surface area contributed by atoms with Crippen molar-refractivity contribution in [1.82, 2.24) is 4.98 Å². The number of benzene rings is 1. The van der Waals surface area contributed by atoms with Gasteiger partial charge in [0, 0.05) is 7.11 Å². The number of para-hydroxylation sites is 1. The molecule has 96 valence electrons. The first-order chi connectivity index (χ1) is 8.79. The van der Waals surface area contributed by atoms with E-state index < -0.39 is 0 Å². The molecule has 0 aliphatic carbocycles. The molecule has 0 fully saturated rings. The summed E-state index contributed by atoms with van der Waals surface area (Å²) in [7, 11) is 1.60. The fourth-order valence-electron chi connectivity index (χ4n) is 1.54. The van der Waals surface area contributed by atoms with Crippen LogP contribution < -0.4 is 0 Å². The van der Waals surface area contributed by atoms with Crippen LogP contribution in [0.4, 0.5) is 0 Å². The summed E-state index contributed by atoms with van der Waals surface area (Å²) in [6, 6.07) is 7.88. The first-order valence-corrected chi connectivity index (χ1v) is 6.54. The third kappa shape index (κ3) is 3.60. The Labute approximate surface area is 110 Å². The van der Waals surface area contributed by atoms with Gasteiger partial charge in [-0.2, -0.15) is 0 Å². The van der Waals surface area contributed by atoms with Crippen LogP contribution in [-0.2, 0) is 20.7 Å². The van der Waals surface area contributed by atoms with E-state index in [1.807, 2.05) is 24.3 Å². The average Bonchev–Trinajstić information content (AvgIpc) is 2.76. The first kappa shape index (κ1) is 13.1. The van der Waals surface area contributed by atoms with Crippen molar-refractivity contribution >= 4 is 27.3 Å². The molecule has 0 aliphatic rings. The number of rotatable bonds is 7. The zero-order valence-corrected chi connectivity index (χ0v) is 11.0. The molecule has 0 N–H and O–H groups in total. The van der Waals surface area contributed by atoms with E-state index in [-0.39, 0.29) is 12.4 Å². The van der Waals surface area contributed by atoms with E-state index >= 15 is 0 Å². The SMILES string of the molecule is COCCOCC(=O)Cc1nc2ccccc2s1. The van der Waals surface area contributed by atoms with Crippen molar-refractivity contribution < 1.29 is 14.3 Å². The van der Waals surface area contributed by atoms with E-state index in [2.05, 4.69) is 4.98 Å². The second-order valence-electron chi connectivity index (χ2n) is 3.84. The van der Waals surface area contributed by atoms with Crippen molar-refractivity contribution in [2.24, 2.45) is 0 Å². The molecule has 1 aromatic carbocycles. The van der Waals surface area contributed by atoms with Gasteiger partial charge in [0.1, 0.15) is 11.6 Å². The summed E-state index contributed by atoms with van der Waals surface area (Å²) in [5.41, 5.74) is 0.950.